The summed E-state index contributed by atoms with van der Waals surface area (Å²) in [7, 11) is 1.28. The van der Waals surface area contributed by atoms with E-state index in [1.54, 1.807) is 6.07 Å². The Morgan fingerprint density at radius 3 is 2.50 bits per heavy atom. The van der Waals surface area contributed by atoms with Gasteiger partial charge in [-0.25, -0.2) is 4.79 Å². The van der Waals surface area contributed by atoms with Crippen LogP contribution in [0.1, 0.15) is 41.8 Å². The van der Waals surface area contributed by atoms with Gasteiger partial charge in [-0.3, -0.25) is 9.59 Å². The quantitative estimate of drug-likeness (QED) is 0.698. The Kier molecular flexibility index (Phi) is 5.45. The number of ether oxygens (including phenoxy) is 3. The molecule has 34 heavy (non-hydrogen) atoms. The Morgan fingerprint density at radius 2 is 1.76 bits per heavy atom. The summed E-state index contributed by atoms with van der Waals surface area (Å²) in [6.45, 7) is 5.03. The third-order valence-corrected chi connectivity index (χ3v) is 7.14. The highest BCUT2D eigenvalue weighted by atomic mass is 16.7. The van der Waals surface area contributed by atoms with E-state index < -0.39 is 23.7 Å². The molecule has 2 aromatic rings. The lowest BCUT2D eigenvalue weighted by Gasteiger charge is -2.23. The molecule has 8 nitrogen and oxygen atoms in total. The molecule has 5 rings (SSSR count). The standard InChI is InChI=1S/C26H28N2O6/c1-25(2)19-7-5-4-6-17(19)18-12-16(8-9-20(18)25)23(30)27-14-22(29)28-15-26(33-10-11-34-26)13-21(28)24(31)32-3/h4-9,12,21H,10-11,13-15H2,1-3H3,(H,27,30)/t21-/m0/s1. The molecule has 2 aliphatic heterocycles. The van der Waals surface area contributed by atoms with Gasteiger partial charge in [-0.2, -0.15) is 0 Å². The van der Waals surface area contributed by atoms with Crippen molar-refractivity contribution < 1.29 is 28.6 Å². The summed E-state index contributed by atoms with van der Waals surface area (Å²) in [5.41, 5.74) is 4.88. The van der Waals surface area contributed by atoms with E-state index in [2.05, 4.69) is 31.3 Å². The van der Waals surface area contributed by atoms with E-state index in [1.165, 1.54) is 23.1 Å². The summed E-state index contributed by atoms with van der Waals surface area (Å²) in [6.07, 6.45) is 0.208. The van der Waals surface area contributed by atoms with Gasteiger partial charge in [0.15, 0.2) is 5.79 Å². The molecule has 0 saturated carbocycles. The van der Waals surface area contributed by atoms with Crippen LogP contribution >= 0.6 is 0 Å². The molecular formula is C26H28N2O6. The molecule has 2 aromatic carbocycles. The molecule has 3 aliphatic rings. The van der Waals surface area contributed by atoms with Crippen LogP contribution in [0.5, 0.6) is 0 Å². The summed E-state index contributed by atoms with van der Waals surface area (Å²) >= 11 is 0. The van der Waals surface area contributed by atoms with Gasteiger partial charge in [-0.1, -0.05) is 44.2 Å². The van der Waals surface area contributed by atoms with E-state index in [0.29, 0.717) is 18.8 Å². The summed E-state index contributed by atoms with van der Waals surface area (Å²) < 4.78 is 16.2. The van der Waals surface area contributed by atoms with Crippen molar-refractivity contribution in [1.82, 2.24) is 10.2 Å². The Bertz CT molecular complexity index is 1170. The van der Waals surface area contributed by atoms with Crippen molar-refractivity contribution in [2.45, 2.75) is 37.5 Å². The van der Waals surface area contributed by atoms with Crippen molar-refractivity contribution in [3.63, 3.8) is 0 Å². The zero-order valence-electron chi connectivity index (χ0n) is 19.6. The average molecular weight is 465 g/mol. The van der Waals surface area contributed by atoms with E-state index in [4.69, 9.17) is 14.2 Å². The Labute approximate surface area is 198 Å². The number of hydrogen-bond acceptors (Lipinski definition) is 6. The van der Waals surface area contributed by atoms with Crippen LogP contribution in [0.4, 0.5) is 0 Å². The molecule has 0 bridgehead atoms. The van der Waals surface area contributed by atoms with Crippen molar-refractivity contribution in [2.24, 2.45) is 0 Å². The van der Waals surface area contributed by atoms with Gasteiger partial charge < -0.3 is 24.4 Å². The lowest BCUT2D eigenvalue weighted by molar-refractivity contribution is -0.152. The van der Waals surface area contributed by atoms with Gasteiger partial charge in [-0.15, -0.1) is 0 Å². The summed E-state index contributed by atoms with van der Waals surface area (Å²) in [5, 5.41) is 2.70. The SMILES string of the molecule is COC(=O)[C@@H]1CC2(CN1C(=O)CNC(=O)c1ccc3c(c1)-c1ccccc1C3(C)C)OCCO2. The molecule has 0 unspecified atom stereocenters. The average Bonchev–Trinajstić information content (AvgIpc) is 3.53. The maximum atomic E-state index is 13.0. The number of esters is 1. The molecule has 8 heteroatoms. The zero-order chi connectivity index (χ0) is 24.1. The molecule has 1 aliphatic carbocycles. The van der Waals surface area contributed by atoms with E-state index in [-0.39, 0.29) is 30.8 Å². The van der Waals surface area contributed by atoms with Crippen molar-refractivity contribution in [3.05, 3.63) is 59.2 Å². The fraction of sp³-hybridized carbons (Fsp3) is 0.423. The first-order chi connectivity index (χ1) is 16.3. The van der Waals surface area contributed by atoms with Gasteiger partial charge in [0, 0.05) is 17.4 Å². The van der Waals surface area contributed by atoms with Gasteiger partial charge in [0.1, 0.15) is 6.04 Å². The van der Waals surface area contributed by atoms with Crippen LogP contribution in [-0.2, 0) is 29.2 Å². The first-order valence-electron chi connectivity index (χ1n) is 11.4. The number of carbonyl (C=O) groups is 3. The minimum absolute atomic E-state index is 0.117. The molecule has 2 fully saturated rings. The van der Waals surface area contributed by atoms with Crippen LogP contribution in [-0.4, -0.2) is 67.9 Å². The van der Waals surface area contributed by atoms with Crippen LogP contribution in [0.25, 0.3) is 11.1 Å². The van der Waals surface area contributed by atoms with Crippen LogP contribution in [0.2, 0.25) is 0 Å². The first kappa shape index (κ1) is 22.6. The predicted molar refractivity (Wildman–Crippen MR) is 123 cm³/mol. The minimum atomic E-state index is -0.987. The Balaban J connectivity index is 1.31. The Hall–Kier alpha value is -3.23. The van der Waals surface area contributed by atoms with Crippen LogP contribution in [0.3, 0.4) is 0 Å². The molecular weight excluding hydrogens is 436 g/mol. The maximum absolute atomic E-state index is 13.0. The molecule has 0 radical (unpaired) electrons. The van der Waals surface area contributed by atoms with Crippen LogP contribution in [0.15, 0.2) is 42.5 Å². The molecule has 2 amide bonds. The number of fused-ring (bicyclic) bond motifs is 3. The number of nitrogens with one attached hydrogen (secondary N) is 1. The molecule has 0 aromatic heterocycles. The highest BCUT2D eigenvalue weighted by Gasteiger charge is 2.53. The van der Waals surface area contributed by atoms with E-state index in [1.807, 2.05) is 24.3 Å². The predicted octanol–water partition coefficient (Wildman–Crippen LogP) is 2.24. The highest BCUT2D eigenvalue weighted by Crippen LogP contribution is 2.48. The van der Waals surface area contributed by atoms with Gasteiger partial charge in [-0.05, 0) is 34.4 Å². The summed E-state index contributed by atoms with van der Waals surface area (Å²) in [5.74, 6) is -2.27. The molecule has 2 heterocycles. The van der Waals surface area contributed by atoms with Gasteiger partial charge in [0.05, 0.1) is 33.4 Å². The molecule has 2 saturated heterocycles. The van der Waals surface area contributed by atoms with Crippen molar-refractivity contribution in [3.8, 4) is 11.1 Å². The van der Waals surface area contributed by atoms with Crippen molar-refractivity contribution in [2.75, 3.05) is 33.4 Å². The third kappa shape index (κ3) is 3.58. The van der Waals surface area contributed by atoms with E-state index >= 15 is 0 Å². The monoisotopic (exact) mass is 464 g/mol. The molecule has 178 valence electrons. The minimum Gasteiger partial charge on any atom is -0.467 e. The number of nitrogens with zero attached hydrogens (tertiary/aromatic N) is 1. The van der Waals surface area contributed by atoms with Crippen LogP contribution < -0.4 is 5.32 Å². The number of carbonyl (C=O) groups excluding carboxylic acids is 3. The third-order valence-electron chi connectivity index (χ3n) is 7.14. The van der Waals surface area contributed by atoms with Crippen molar-refractivity contribution in [1.29, 1.82) is 0 Å². The zero-order valence-corrected chi connectivity index (χ0v) is 19.6. The van der Waals surface area contributed by atoms with Crippen molar-refractivity contribution >= 4 is 17.8 Å². The van der Waals surface area contributed by atoms with Crippen LogP contribution in [0, 0.1) is 0 Å². The second-order valence-corrected chi connectivity index (χ2v) is 9.49. The number of methoxy groups -OCH3 is 1. The molecule has 1 atom stereocenters. The van der Waals surface area contributed by atoms with E-state index in [0.717, 1.165) is 11.1 Å². The highest BCUT2D eigenvalue weighted by molar-refractivity contribution is 5.99. The van der Waals surface area contributed by atoms with Gasteiger partial charge >= 0.3 is 5.97 Å². The Morgan fingerprint density at radius 1 is 1.06 bits per heavy atom. The smallest absolute Gasteiger partial charge is 0.328 e. The largest absolute Gasteiger partial charge is 0.467 e. The number of hydrogen-bond donors (Lipinski definition) is 1. The number of benzene rings is 2. The lowest BCUT2D eigenvalue weighted by atomic mass is 9.82. The first-order valence-corrected chi connectivity index (χ1v) is 11.4. The fourth-order valence-electron chi connectivity index (χ4n) is 5.37. The number of likely N-dealkylation sites (tertiary alicyclic amines) is 1. The molecule has 1 spiro atoms. The second-order valence-electron chi connectivity index (χ2n) is 9.49. The number of amides is 2. The fourth-order valence-corrected chi connectivity index (χ4v) is 5.37. The lowest BCUT2D eigenvalue weighted by Crippen LogP contribution is -2.46. The number of rotatable bonds is 4. The van der Waals surface area contributed by atoms with Gasteiger partial charge in [0.2, 0.25) is 5.91 Å². The summed E-state index contributed by atoms with van der Waals surface area (Å²) in [6, 6.07) is 13.0. The second kappa shape index (κ2) is 8.21. The topological polar surface area (TPSA) is 94.2 Å². The molecule has 1 N–H and O–H groups in total. The van der Waals surface area contributed by atoms with E-state index in [9.17, 15) is 14.4 Å². The summed E-state index contributed by atoms with van der Waals surface area (Å²) in [4.78, 5) is 39.6. The maximum Gasteiger partial charge on any atom is 0.328 e. The van der Waals surface area contributed by atoms with Gasteiger partial charge in [0.25, 0.3) is 5.91 Å². The normalized spacial score (nSPS) is 21.3.